The van der Waals surface area contributed by atoms with Gasteiger partial charge in [-0.05, 0) is 73.6 Å². The second-order valence-electron chi connectivity index (χ2n) is 6.37. The molecule has 1 aromatic heterocycles. The van der Waals surface area contributed by atoms with Gasteiger partial charge in [0.05, 0.1) is 10.6 Å². The van der Waals surface area contributed by atoms with Gasteiger partial charge in [0.25, 0.3) is 5.91 Å². The van der Waals surface area contributed by atoms with Crippen molar-refractivity contribution in [3.8, 4) is 11.3 Å². The highest BCUT2D eigenvalue weighted by Gasteiger charge is 2.15. The summed E-state index contributed by atoms with van der Waals surface area (Å²) in [5, 5.41) is 14.4. The van der Waals surface area contributed by atoms with Crippen LogP contribution in [0.5, 0.6) is 0 Å². The van der Waals surface area contributed by atoms with Crippen LogP contribution in [0.1, 0.15) is 32.0 Å². The first-order chi connectivity index (χ1) is 13.7. The minimum absolute atomic E-state index is 0.0262. The number of furan rings is 1. The SMILES string of the molecule is Cc1ccc(-c2ccc(C(=O)NC(=S)Nc3ccc(C(=O)O)c(Cl)c3)o2)cc1C. The highest BCUT2D eigenvalue weighted by atomic mass is 35.5. The van der Waals surface area contributed by atoms with Gasteiger partial charge in [-0.15, -0.1) is 0 Å². The van der Waals surface area contributed by atoms with Crippen molar-refractivity contribution in [1.29, 1.82) is 0 Å². The van der Waals surface area contributed by atoms with Crippen LogP contribution in [0.2, 0.25) is 5.02 Å². The van der Waals surface area contributed by atoms with Gasteiger partial charge in [0.1, 0.15) is 5.76 Å². The van der Waals surface area contributed by atoms with Crippen LogP contribution in [0.4, 0.5) is 5.69 Å². The molecule has 2 aromatic carbocycles. The highest BCUT2D eigenvalue weighted by Crippen LogP contribution is 2.24. The summed E-state index contributed by atoms with van der Waals surface area (Å²) in [5.74, 6) is -0.949. The van der Waals surface area contributed by atoms with Crippen molar-refractivity contribution in [2.45, 2.75) is 13.8 Å². The molecule has 3 N–H and O–H groups in total. The molecule has 29 heavy (non-hydrogen) atoms. The van der Waals surface area contributed by atoms with E-state index in [2.05, 4.69) is 10.6 Å². The van der Waals surface area contributed by atoms with Gasteiger partial charge in [0.15, 0.2) is 10.9 Å². The number of benzene rings is 2. The molecule has 0 spiro atoms. The Hall–Kier alpha value is -3.16. The van der Waals surface area contributed by atoms with E-state index in [0.29, 0.717) is 11.4 Å². The summed E-state index contributed by atoms with van der Waals surface area (Å²) in [6.45, 7) is 4.03. The highest BCUT2D eigenvalue weighted by molar-refractivity contribution is 7.80. The van der Waals surface area contributed by atoms with Crippen LogP contribution in [-0.2, 0) is 0 Å². The average Bonchev–Trinajstić information content (AvgIpc) is 3.14. The Labute approximate surface area is 177 Å². The van der Waals surface area contributed by atoms with Gasteiger partial charge in [-0.2, -0.15) is 0 Å². The predicted molar refractivity (Wildman–Crippen MR) is 116 cm³/mol. The zero-order valence-electron chi connectivity index (χ0n) is 15.6. The van der Waals surface area contributed by atoms with Crippen LogP contribution in [-0.4, -0.2) is 22.1 Å². The van der Waals surface area contributed by atoms with Gasteiger partial charge in [-0.3, -0.25) is 10.1 Å². The zero-order valence-corrected chi connectivity index (χ0v) is 17.1. The third-order valence-corrected chi connectivity index (χ3v) is 4.82. The van der Waals surface area contributed by atoms with E-state index in [0.717, 1.165) is 11.1 Å². The van der Waals surface area contributed by atoms with Crippen LogP contribution in [0.3, 0.4) is 0 Å². The maximum Gasteiger partial charge on any atom is 0.337 e. The summed E-state index contributed by atoms with van der Waals surface area (Å²) in [6, 6.07) is 13.5. The summed E-state index contributed by atoms with van der Waals surface area (Å²) < 4.78 is 5.65. The van der Waals surface area contributed by atoms with Gasteiger partial charge in [0.2, 0.25) is 0 Å². The predicted octanol–water partition coefficient (Wildman–Crippen LogP) is 5.04. The summed E-state index contributed by atoms with van der Waals surface area (Å²) in [6.07, 6.45) is 0. The fraction of sp³-hybridized carbons (Fsp3) is 0.0952. The molecule has 1 amide bonds. The molecule has 0 saturated heterocycles. The molecule has 3 aromatic rings. The maximum atomic E-state index is 12.4. The summed E-state index contributed by atoms with van der Waals surface area (Å²) >= 11 is 11.1. The quantitative estimate of drug-likeness (QED) is 0.504. The van der Waals surface area contributed by atoms with Crippen LogP contribution >= 0.6 is 23.8 Å². The van der Waals surface area contributed by atoms with Gasteiger partial charge < -0.3 is 14.8 Å². The molecule has 0 atom stereocenters. The number of hydrogen-bond acceptors (Lipinski definition) is 4. The van der Waals surface area contributed by atoms with Gasteiger partial charge >= 0.3 is 5.97 Å². The van der Waals surface area contributed by atoms with Crippen LogP contribution in [0.15, 0.2) is 52.9 Å². The minimum Gasteiger partial charge on any atom is -0.478 e. The van der Waals surface area contributed by atoms with Gasteiger partial charge in [0, 0.05) is 11.3 Å². The number of carbonyl (C=O) groups is 2. The number of anilines is 1. The van der Waals surface area contributed by atoms with E-state index < -0.39 is 11.9 Å². The van der Waals surface area contributed by atoms with Crippen LogP contribution in [0.25, 0.3) is 11.3 Å². The Balaban J connectivity index is 1.66. The van der Waals surface area contributed by atoms with Crippen molar-refractivity contribution in [3.05, 3.63) is 76.0 Å². The molecule has 0 saturated carbocycles. The van der Waals surface area contributed by atoms with E-state index in [4.69, 9.17) is 33.3 Å². The zero-order chi connectivity index (χ0) is 21.1. The van der Waals surface area contributed by atoms with E-state index in [1.165, 1.54) is 23.8 Å². The van der Waals surface area contributed by atoms with Crippen molar-refractivity contribution in [3.63, 3.8) is 0 Å². The molecule has 8 heteroatoms. The number of rotatable bonds is 4. The van der Waals surface area contributed by atoms with E-state index in [1.807, 2.05) is 32.0 Å². The number of halogens is 1. The van der Waals surface area contributed by atoms with Crippen molar-refractivity contribution in [2.75, 3.05) is 5.32 Å². The molecule has 1 heterocycles. The van der Waals surface area contributed by atoms with E-state index in [1.54, 1.807) is 12.1 Å². The molecule has 0 aliphatic heterocycles. The number of carboxylic acids is 1. The Kier molecular flexibility index (Phi) is 6.00. The normalized spacial score (nSPS) is 10.4. The molecule has 148 valence electrons. The second kappa shape index (κ2) is 8.46. The van der Waals surface area contributed by atoms with Crippen molar-refractivity contribution >= 4 is 46.5 Å². The number of carbonyl (C=O) groups excluding carboxylic acids is 1. The Bertz CT molecular complexity index is 1120. The number of hydrogen-bond donors (Lipinski definition) is 3. The molecule has 0 bridgehead atoms. The average molecular weight is 429 g/mol. The number of aromatic carboxylic acids is 1. The molecular formula is C21H17ClN2O4S. The Morgan fingerprint density at radius 2 is 1.79 bits per heavy atom. The van der Waals surface area contributed by atoms with Gasteiger partial charge in [-0.25, -0.2) is 4.79 Å². The van der Waals surface area contributed by atoms with Crippen LogP contribution < -0.4 is 10.6 Å². The smallest absolute Gasteiger partial charge is 0.337 e. The van der Waals surface area contributed by atoms with Crippen molar-refractivity contribution in [2.24, 2.45) is 0 Å². The minimum atomic E-state index is -1.13. The maximum absolute atomic E-state index is 12.4. The largest absolute Gasteiger partial charge is 0.478 e. The standard InChI is InChI=1S/C21H17ClN2O4S/c1-11-3-4-13(9-12(11)2)17-7-8-18(28-17)19(25)24-21(29)23-14-5-6-15(20(26)27)16(22)10-14/h3-10H,1-2H3,(H,26,27)(H2,23,24,25,29). The molecule has 6 nitrogen and oxygen atoms in total. The first-order valence-electron chi connectivity index (χ1n) is 8.57. The lowest BCUT2D eigenvalue weighted by atomic mass is 10.1. The number of nitrogens with one attached hydrogen (secondary N) is 2. The molecule has 0 fully saturated rings. The first-order valence-corrected chi connectivity index (χ1v) is 9.36. The molecule has 3 rings (SSSR count). The van der Waals surface area contributed by atoms with E-state index in [9.17, 15) is 9.59 Å². The Morgan fingerprint density at radius 1 is 1.03 bits per heavy atom. The summed E-state index contributed by atoms with van der Waals surface area (Å²) in [5.41, 5.74) is 3.59. The molecule has 0 aliphatic rings. The number of amides is 1. The number of aryl methyl sites for hydroxylation is 2. The molecular weight excluding hydrogens is 412 g/mol. The topological polar surface area (TPSA) is 91.6 Å². The van der Waals surface area contributed by atoms with E-state index >= 15 is 0 Å². The second-order valence-corrected chi connectivity index (χ2v) is 7.19. The fourth-order valence-corrected chi connectivity index (χ4v) is 3.08. The third-order valence-electron chi connectivity index (χ3n) is 4.31. The van der Waals surface area contributed by atoms with Gasteiger partial charge in [-0.1, -0.05) is 23.7 Å². The third kappa shape index (κ3) is 4.82. The molecule has 0 aliphatic carbocycles. The number of thiocarbonyl (C=S) groups is 1. The summed E-state index contributed by atoms with van der Waals surface area (Å²) in [4.78, 5) is 23.4. The van der Waals surface area contributed by atoms with Crippen molar-refractivity contribution < 1.29 is 19.1 Å². The molecule has 0 unspecified atom stereocenters. The lowest BCUT2D eigenvalue weighted by molar-refractivity contribution is 0.0697. The Morgan fingerprint density at radius 3 is 2.45 bits per heavy atom. The fourth-order valence-electron chi connectivity index (χ4n) is 2.60. The summed E-state index contributed by atoms with van der Waals surface area (Å²) in [7, 11) is 0. The molecule has 0 radical (unpaired) electrons. The monoisotopic (exact) mass is 428 g/mol. The first kappa shape index (κ1) is 20.6. The lowest BCUT2D eigenvalue weighted by Crippen LogP contribution is -2.33. The van der Waals surface area contributed by atoms with Crippen molar-refractivity contribution in [1.82, 2.24) is 5.32 Å². The number of carboxylic acid groups (broad SMARTS) is 1. The van der Waals surface area contributed by atoms with Crippen LogP contribution in [0, 0.1) is 13.8 Å². The lowest BCUT2D eigenvalue weighted by Gasteiger charge is -2.09. The van der Waals surface area contributed by atoms with E-state index in [-0.39, 0.29) is 21.5 Å².